The lowest BCUT2D eigenvalue weighted by molar-refractivity contribution is -0.123. The van der Waals surface area contributed by atoms with Crippen LogP contribution in [0.4, 0.5) is 9.80 Å². The molecular formula is C22H32N4O3S. The van der Waals surface area contributed by atoms with E-state index in [1.54, 1.807) is 32.1 Å². The molecule has 2 atom stereocenters. The van der Waals surface area contributed by atoms with E-state index in [0.29, 0.717) is 13.0 Å². The number of hydrogen-bond acceptors (Lipinski definition) is 6. The number of ether oxygens (including phenoxy) is 1. The topological polar surface area (TPSA) is 94.5 Å². The molecule has 2 heterocycles. The van der Waals surface area contributed by atoms with Gasteiger partial charge in [-0.2, -0.15) is 5.26 Å². The molecule has 8 heteroatoms. The van der Waals surface area contributed by atoms with E-state index in [-0.39, 0.29) is 11.9 Å². The lowest BCUT2D eigenvalue weighted by Gasteiger charge is -2.24. The second kappa shape index (κ2) is 9.25. The molecule has 164 valence electrons. The Morgan fingerprint density at radius 3 is 2.73 bits per heavy atom. The zero-order chi connectivity index (χ0) is 21.9. The summed E-state index contributed by atoms with van der Waals surface area (Å²) in [5, 5.41) is 16.5. The normalized spacial score (nSPS) is 19.6. The molecule has 30 heavy (non-hydrogen) atoms. The van der Waals surface area contributed by atoms with E-state index in [1.807, 2.05) is 6.92 Å². The molecule has 0 saturated carbocycles. The predicted molar refractivity (Wildman–Crippen MR) is 118 cm³/mol. The summed E-state index contributed by atoms with van der Waals surface area (Å²) in [6.45, 7) is 8.73. The molecular weight excluding hydrogens is 400 g/mol. The molecule has 0 radical (unpaired) electrons. The first-order chi connectivity index (χ1) is 14.2. The third kappa shape index (κ3) is 5.25. The van der Waals surface area contributed by atoms with Crippen molar-refractivity contribution >= 4 is 28.3 Å². The van der Waals surface area contributed by atoms with Gasteiger partial charge in [-0.3, -0.25) is 4.79 Å². The van der Waals surface area contributed by atoms with E-state index in [0.717, 1.165) is 42.8 Å². The van der Waals surface area contributed by atoms with Crippen LogP contribution in [0.5, 0.6) is 0 Å². The first-order valence-electron chi connectivity index (χ1n) is 10.8. The minimum atomic E-state index is -0.627. The Bertz CT molecular complexity index is 837. The standard InChI is InChI=1S/C22H32N4O3S/c1-5-17(25-21(28)29-22(2,3)4)19(27)24-14-10-11-26(13-14)20-16(12-23)15-8-6-7-9-18(15)30-20/h14,17H,5-11,13H2,1-4H3,(H,24,27)(H,25,28). The van der Waals surface area contributed by atoms with Crippen LogP contribution in [-0.2, 0) is 22.4 Å². The van der Waals surface area contributed by atoms with Crippen molar-refractivity contribution in [1.29, 1.82) is 5.26 Å². The molecule has 2 N–H and O–H groups in total. The van der Waals surface area contributed by atoms with Crippen molar-refractivity contribution in [3.05, 3.63) is 16.0 Å². The van der Waals surface area contributed by atoms with Crippen LogP contribution in [0, 0.1) is 11.3 Å². The Hall–Kier alpha value is -2.27. The number of anilines is 1. The average Bonchev–Trinajstić information content (AvgIpc) is 3.28. The van der Waals surface area contributed by atoms with Crippen LogP contribution in [0.3, 0.4) is 0 Å². The van der Waals surface area contributed by atoms with Crippen molar-refractivity contribution in [2.24, 2.45) is 0 Å². The second-order valence-electron chi connectivity index (χ2n) is 9.05. The third-order valence-corrected chi connectivity index (χ3v) is 6.85. The zero-order valence-corrected chi connectivity index (χ0v) is 19.2. The highest BCUT2D eigenvalue weighted by Crippen LogP contribution is 2.40. The lowest BCUT2D eigenvalue weighted by atomic mass is 9.96. The molecule has 1 fully saturated rings. The summed E-state index contributed by atoms with van der Waals surface area (Å²) < 4.78 is 5.26. The molecule has 0 bridgehead atoms. The van der Waals surface area contributed by atoms with Crippen LogP contribution >= 0.6 is 11.3 Å². The van der Waals surface area contributed by atoms with Gasteiger partial charge in [-0.05, 0) is 64.9 Å². The Morgan fingerprint density at radius 1 is 1.33 bits per heavy atom. The van der Waals surface area contributed by atoms with Gasteiger partial charge in [-0.15, -0.1) is 11.3 Å². The molecule has 1 saturated heterocycles. The van der Waals surface area contributed by atoms with Crippen LogP contribution in [0.1, 0.15) is 69.4 Å². The fourth-order valence-corrected chi connectivity index (χ4v) is 5.43. The SMILES string of the molecule is CCC(NC(=O)OC(C)(C)C)C(=O)NC1CCN(c2sc3c(c2C#N)CCCC3)C1. The van der Waals surface area contributed by atoms with Crippen LogP contribution in [0.25, 0.3) is 0 Å². The molecule has 7 nitrogen and oxygen atoms in total. The smallest absolute Gasteiger partial charge is 0.408 e. The maximum atomic E-state index is 12.7. The molecule has 2 unspecified atom stereocenters. The first kappa shape index (κ1) is 22.4. The zero-order valence-electron chi connectivity index (χ0n) is 18.3. The number of nitrogens with one attached hydrogen (secondary N) is 2. The minimum Gasteiger partial charge on any atom is -0.444 e. The molecule has 1 aliphatic carbocycles. The Morgan fingerprint density at radius 2 is 2.07 bits per heavy atom. The van der Waals surface area contributed by atoms with Crippen molar-refractivity contribution in [2.75, 3.05) is 18.0 Å². The number of nitrogens with zero attached hydrogens (tertiary/aromatic N) is 2. The maximum absolute atomic E-state index is 12.7. The molecule has 1 aliphatic heterocycles. The van der Waals surface area contributed by atoms with E-state index in [4.69, 9.17) is 4.74 Å². The Balaban J connectivity index is 1.59. The summed E-state index contributed by atoms with van der Waals surface area (Å²) in [5.41, 5.74) is 1.46. The van der Waals surface area contributed by atoms with Gasteiger partial charge in [0.05, 0.1) is 5.56 Å². The number of carbonyl (C=O) groups is 2. The number of aryl methyl sites for hydroxylation is 1. The van der Waals surface area contributed by atoms with Crippen LogP contribution < -0.4 is 15.5 Å². The quantitative estimate of drug-likeness (QED) is 0.743. The van der Waals surface area contributed by atoms with Gasteiger partial charge >= 0.3 is 6.09 Å². The highest BCUT2D eigenvalue weighted by molar-refractivity contribution is 7.16. The fraction of sp³-hybridized carbons (Fsp3) is 0.682. The van der Waals surface area contributed by atoms with Gasteiger partial charge in [-0.25, -0.2) is 4.79 Å². The minimum absolute atomic E-state index is 0.00217. The maximum Gasteiger partial charge on any atom is 0.408 e. The summed E-state index contributed by atoms with van der Waals surface area (Å²) >= 11 is 1.75. The molecule has 3 rings (SSSR count). The van der Waals surface area contributed by atoms with E-state index in [9.17, 15) is 14.9 Å². The third-order valence-electron chi connectivity index (χ3n) is 5.50. The largest absolute Gasteiger partial charge is 0.444 e. The van der Waals surface area contributed by atoms with Gasteiger partial charge in [0.2, 0.25) is 5.91 Å². The summed E-state index contributed by atoms with van der Waals surface area (Å²) in [4.78, 5) is 28.3. The van der Waals surface area contributed by atoms with Gasteiger partial charge < -0.3 is 20.3 Å². The number of nitriles is 1. The molecule has 0 spiro atoms. The van der Waals surface area contributed by atoms with Gasteiger partial charge in [-0.1, -0.05) is 6.92 Å². The van der Waals surface area contributed by atoms with Gasteiger partial charge in [0.25, 0.3) is 0 Å². The number of thiophene rings is 1. The number of carbonyl (C=O) groups excluding carboxylic acids is 2. The van der Waals surface area contributed by atoms with Crippen LogP contribution in [0.2, 0.25) is 0 Å². The second-order valence-corrected chi connectivity index (χ2v) is 10.1. The number of alkyl carbamates (subject to hydrolysis) is 1. The monoisotopic (exact) mass is 432 g/mol. The highest BCUT2D eigenvalue weighted by Gasteiger charge is 2.31. The molecule has 2 aliphatic rings. The lowest BCUT2D eigenvalue weighted by Crippen LogP contribution is -2.50. The Kier molecular flexibility index (Phi) is 6.91. The highest BCUT2D eigenvalue weighted by atomic mass is 32.1. The molecule has 1 aromatic rings. The van der Waals surface area contributed by atoms with Gasteiger partial charge in [0, 0.05) is 24.0 Å². The summed E-state index contributed by atoms with van der Waals surface area (Å²) in [6, 6.07) is 1.79. The number of fused-ring (bicyclic) bond motifs is 1. The number of rotatable bonds is 5. The summed E-state index contributed by atoms with van der Waals surface area (Å²) in [5.74, 6) is -0.193. The number of amides is 2. The van der Waals surface area contributed by atoms with Crippen molar-refractivity contribution in [3.8, 4) is 6.07 Å². The molecule has 2 amide bonds. The molecule has 0 aromatic carbocycles. The summed E-state index contributed by atoms with van der Waals surface area (Å²) in [6.07, 6.45) is 5.13. The number of hydrogen-bond donors (Lipinski definition) is 2. The van der Waals surface area contributed by atoms with Crippen LogP contribution in [0.15, 0.2) is 0 Å². The molecule has 1 aromatic heterocycles. The van der Waals surface area contributed by atoms with Gasteiger partial charge in [0.15, 0.2) is 0 Å². The van der Waals surface area contributed by atoms with E-state index in [2.05, 4.69) is 21.6 Å². The van der Waals surface area contributed by atoms with Crippen molar-refractivity contribution < 1.29 is 14.3 Å². The van der Waals surface area contributed by atoms with Crippen molar-refractivity contribution in [2.45, 2.75) is 83.9 Å². The van der Waals surface area contributed by atoms with Crippen molar-refractivity contribution in [3.63, 3.8) is 0 Å². The first-order valence-corrected chi connectivity index (χ1v) is 11.6. The summed E-state index contributed by atoms with van der Waals surface area (Å²) in [7, 11) is 0. The van der Waals surface area contributed by atoms with E-state index >= 15 is 0 Å². The van der Waals surface area contributed by atoms with E-state index in [1.165, 1.54) is 16.9 Å². The van der Waals surface area contributed by atoms with E-state index < -0.39 is 17.7 Å². The predicted octanol–water partition coefficient (Wildman–Crippen LogP) is 3.50. The fourth-order valence-electron chi connectivity index (χ4n) is 4.06. The van der Waals surface area contributed by atoms with Gasteiger partial charge in [0.1, 0.15) is 22.7 Å². The Labute approximate surface area is 182 Å². The average molecular weight is 433 g/mol. The van der Waals surface area contributed by atoms with Crippen LogP contribution in [-0.4, -0.2) is 42.8 Å². The van der Waals surface area contributed by atoms with Crippen molar-refractivity contribution in [1.82, 2.24) is 10.6 Å².